The molecular weight excluding hydrogens is 309 g/mol. The average Bonchev–Trinajstić information content (AvgIpc) is 2.47. The fraction of sp³-hybridized carbons (Fsp3) is 0.471. The molecule has 2 rings (SSSR count). The smallest absolute Gasteiger partial charge is 0.478 e. The Labute approximate surface area is 132 Å². The molecular formula is C17H19F3O3. The number of halogens is 3. The van der Waals surface area contributed by atoms with Crippen molar-refractivity contribution in [3.05, 3.63) is 42.0 Å². The van der Waals surface area contributed by atoms with Gasteiger partial charge in [-0.1, -0.05) is 18.2 Å². The average molecular weight is 328 g/mol. The van der Waals surface area contributed by atoms with Crippen LogP contribution < -0.4 is 4.74 Å². The molecule has 23 heavy (non-hydrogen) atoms. The molecule has 0 aliphatic heterocycles. The second-order valence-corrected chi connectivity index (χ2v) is 5.81. The Morgan fingerprint density at radius 2 is 1.78 bits per heavy atom. The van der Waals surface area contributed by atoms with Crippen LogP contribution in [0.5, 0.6) is 5.75 Å². The molecule has 6 heteroatoms. The van der Waals surface area contributed by atoms with Crippen LogP contribution in [0, 0.1) is 5.92 Å². The lowest BCUT2D eigenvalue weighted by Crippen LogP contribution is -2.17. The Morgan fingerprint density at radius 3 is 2.30 bits per heavy atom. The van der Waals surface area contributed by atoms with Crippen molar-refractivity contribution in [1.82, 2.24) is 0 Å². The van der Waals surface area contributed by atoms with Crippen molar-refractivity contribution in [2.75, 3.05) is 0 Å². The summed E-state index contributed by atoms with van der Waals surface area (Å²) < 4.78 is 40.2. The molecule has 0 aromatic heterocycles. The van der Waals surface area contributed by atoms with Gasteiger partial charge in [-0.3, -0.25) is 0 Å². The van der Waals surface area contributed by atoms with E-state index in [9.17, 15) is 18.0 Å². The number of carboxylic acid groups (broad SMARTS) is 1. The van der Waals surface area contributed by atoms with E-state index in [1.54, 1.807) is 18.2 Å². The number of carboxylic acids is 1. The van der Waals surface area contributed by atoms with Crippen LogP contribution >= 0.6 is 0 Å². The Bertz CT molecular complexity index is 541. The summed E-state index contributed by atoms with van der Waals surface area (Å²) in [7, 11) is 0. The molecule has 0 bridgehead atoms. The molecule has 1 aromatic rings. The highest BCUT2D eigenvalue weighted by Gasteiger charge is 2.31. The van der Waals surface area contributed by atoms with Crippen LogP contribution in [0.3, 0.4) is 0 Å². The molecule has 1 aromatic carbocycles. The summed E-state index contributed by atoms with van der Waals surface area (Å²) in [6.07, 6.45) is 2.88. The minimum atomic E-state index is -4.66. The number of hydrogen-bond donors (Lipinski definition) is 1. The lowest BCUT2D eigenvalue weighted by Gasteiger charge is -2.28. The van der Waals surface area contributed by atoms with Crippen LogP contribution in [0.2, 0.25) is 0 Å². The summed E-state index contributed by atoms with van der Waals surface area (Å²) in [5, 5.41) is 8.56. The number of benzene rings is 1. The summed E-state index contributed by atoms with van der Waals surface area (Å²) in [6.45, 7) is 0. The highest BCUT2D eigenvalue weighted by molar-refractivity contribution is 5.79. The van der Waals surface area contributed by atoms with Crippen molar-refractivity contribution in [2.45, 2.75) is 44.4 Å². The summed E-state index contributed by atoms with van der Waals surface area (Å²) in [5.41, 5.74) is 1.03. The number of carbonyl (C=O) groups is 1. The van der Waals surface area contributed by atoms with Gasteiger partial charge in [0.25, 0.3) is 0 Å². The van der Waals surface area contributed by atoms with Gasteiger partial charge in [-0.05, 0) is 61.6 Å². The lowest BCUT2D eigenvalue weighted by atomic mass is 9.77. The van der Waals surface area contributed by atoms with Gasteiger partial charge in [0.15, 0.2) is 0 Å². The van der Waals surface area contributed by atoms with Crippen molar-refractivity contribution >= 4 is 5.97 Å². The molecule has 0 amide bonds. The van der Waals surface area contributed by atoms with E-state index in [-0.39, 0.29) is 5.75 Å². The van der Waals surface area contributed by atoms with Crippen molar-refractivity contribution < 1.29 is 27.8 Å². The zero-order valence-corrected chi connectivity index (χ0v) is 12.6. The van der Waals surface area contributed by atoms with Gasteiger partial charge in [-0.25, -0.2) is 4.79 Å². The number of ether oxygens (including phenoxy) is 1. The fourth-order valence-electron chi connectivity index (χ4n) is 3.03. The predicted octanol–water partition coefficient (Wildman–Crippen LogP) is 4.89. The van der Waals surface area contributed by atoms with Gasteiger partial charge in [0, 0.05) is 6.08 Å². The normalized spacial score (nSPS) is 22.2. The van der Waals surface area contributed by atoms with Crippen molar-refractivity contribution in [2.24, 2.45) is 5.92 Å². The molecule has 0 radical (unpaired) electrons. The Morgan fingerprint density at radius 1 is 1.17 bits per heavy atom. The van der Waals surface area contributed by atoms with Crippen LogP contribution in [0.25, 0.3) is 0 Å². The fourth-order valence-corrected chi connectivity index (χ4v) is 3.03. The SMILES string of the molecule is O=C(O)/C=C/C[C@H]1CC[C@H](c2ccc(OC(F)(F)F)cc2)CC1. The van der Waals surface area contributed by atoms with Crippen LogP contribution in [-0.2, 0) is 4.79 Å². The minimum Gasteiger partial charge on any atom is -0.478 e. The first kappa shape index (κ1) is 17.4. The van der Waals surface area contributed by atoms with Crippen LogP contribution in [0.4, 0.5) is 13.2 Å². The molecule has 0 unspecified atom stereocenters. The summed E-state index contributed by atoms with van der Waals surface area (Å²) >= 11 is 0. The third kappa shape index (κ3) is 5.96. The first-order valence-electron chi connectivity index (χ1n) is 7.58. The molecule has 3 nitrogen and oxygen atoms in total. The zero-order chi connectivity index (χ0) is 16.9. The third-order valence-corrected chi connectivity index (χ3v) is 4.16. The van der Waals surface area contributed by atoms with E-state index < -0.39 is 12.3 Å². The first-order valence-corrected chi connectivity index (χ1v) is 7.58. The maximum absolute atomic E-state index is 12.1. The van der Waals surface area contributed by atoms with Gasteiger partial charge < -0.3 is 9.84 Å². The van der Waals surface area contributed by atoms with E-state index in [2.05, 4.69) is 4.74 Å². The monoisotopic (exact) mass is 328 g/mol. The largest absolute Gasteiger partial charge is 0.573 e. The molecule has 1 aliphatic rings. The van der Waals surface area contributed by atoms with Crippen molar-refractivity contribution in [1.29, 1.82) is 0 Å². The first-order chi connectivity index (χ1) is 10.8. The van der Waals surface area contributed by atoms with Gasteiger partial charge in [0.05, 0.1) is 0 Å². The van der Waals surface area contributed by atoms with Gasteiger partial charge >= 0.3 is 12.3 Å². The molecule has 0 atom stereocenters. The molecule has 1 N–H and O–H groups in total. The third-order valence-electron chi connectivity index (χ3n) is 4.16. The van der Waals surface area contributed by atoms with E-state index in [0.717, 1.165) is 37.7 Å². The molecule has 0 saturated heterocycles. The standard InChI is InChI=1S/C17H19F3O3/c18-17(19,20)23-15-10-8-14(9-11-15)13-6-4-12(5-7-13)2-1-3-16(21)22/h1,3,8-13H,2,4-7H2,(H,21,22)/b3-1+/t12-,13-. The van der Waals surface area contributed by atoms with E-state index >= 15 is 0 Å². The Balaban J connectivity index is 1.84. The van der Waals surface area contributed by atoms with Gasteiger partial charge in [-0.2, -0.15) is 0 Å². The zero-order valence-electron chi connectivity index (χ0n) is 12.6. The van der Waals surface area contributed by atoms with Gasteiger partial charge in [-0.15, -0.1) is 13.2 Å². The molecule has 0 heterocycles. The molecule has 126 valence electrons. The minimum absolute atomic E-state index is 0.200. The number of aliphatic carboxylic acids is 1. The number of hydrogen-bond acceptors (Lipinski definition) is 2. The van der Waals surface area contributed by atoms with Crippen molar-refractivity contribution in [3.8, 4) is 5.75 Å². The van der Waals surface area contributed by atoms with Gasteiger partial charge in [0.2, 0.25) is 0 Å². The molecule has 1 saturated carbocycles. The predicted molar refractivity (Wildman–Crippen MR) is 79.2 cm³/mol. The van der Waals surface area contributed by atoms with Gasteiger partial charge in [0.1, 0.15) is 5.75 Å². The molecule has 1 aliphatic carbocycles. The summed E-state index contributed by atoms with van der Waals surface area (Å²) in [6, 6.07) is 6.09. The molecule has 1 fully saturated rings. The highest BCUT2D eigenvalue weighted by Crippen LogP contribution is 2.37. The lowest BCUT2D eigenvalue weighted by molar-refractivity contribution is -0.274. The topological polar surface area (TPSA) is 46.5 Å². The van der Waals surface area contributed by atoms with E-state index in [1.165, 1.54) is 18.2 Å². The van der Waals surface area contributed by atoms with Crippen molar-refractivity contribution in [3.63, 3.8) is 0 Å². The van der Waals surface area contributed by atoms with E-state index in [0.29, 0.717) is 11.8 Å². The van der Waals surface area contributed by atoms with Crippen LogP contribution in [-0.4, -0.2) is 17.4 Å². The highest BCUT2D eigenvalue weighted by atomic mass is 19.4. The number of rotatable bonds is 5. The second-order valence-electron chi connectivity index (χ2n) is 5.81. The van der Waals surface area contributed by atoms with Crippen LogP contribution in [0.1, 0.15) is 43.6 Å². The van der Waals surface area contributed by atoms with Crippen LogP contribution in [0.15, 0.2) is 36.4 Å². The Hall–Kier alpha value is -1.98. The number of allylic oxidation sites excluding steroid dienone is 1. The summed E-state index contributed by atoms with van der Waals surface area (Å²) in [5.74, 6) is -0.307. The maximum Gasteiger partial charge on any atom is 0.573 e. The van der Waals surface area contributed by atoms with E-state index in [4.69, 9.17) is 5.11 Å². The Kier molecular flexibility index (Phi) is 5.69. The number of alkyl halides is 3. The maximum atomic E-state index is 12.1. The van der Waals surface area contributed by atoms with E-state index in [1.807, 2.05) is 0 Å². The quantitative estimate of drug-likeness (QED) is 0.783. The summed E-state index contributed by atoms with van der Waals surface area (Å²) in [4.78, 5) is 10.4. The molecule has 0 spiro atoms. The second kappa shape index (κ2) is 7.53.